The molecule has 1 heterocycles. The SMILES string of the molecule is CN(C)P1N([Si](C)(C)C)[Si](Cl)(Cl)N1[Si](C)(C)C. The molecule has 0 aromatic rings. The van der Waals surface area contributed by atoms with Crippen LogP contribution in [0.3, 0.4) is 0 Å². The van der Waals surface area contributed by atoms with E-state index in [-0.39, 0.29) is 0 Å². The first kappa shape index (κ1) is 16.6. The Kier molecular flexibility index (Phi) is 4.71. The first-order valence-corrected chi connectivity index (χ1v) is 17.8. The van der Waals surface area contributed by atoms with Crippen molar-refractivity contribution in [2.24, 2.45) is 0 Å². The predicted octanol–water partition coefficient (Wildman–Crippen LogP) is 3.98. The average Bonchev–Trinajstić information content (AvgIpc) is 1.93. The van der Waals surface area contributed by atoms with E-state index in [1.807, 2.05) is 0 Å². The lowest BCUT2D eigenvalue weighted by molar-refractivity contribution is 0.577. The Morgan fingerprint density at radius 2 is 1.18 bits per heavy atom. The van der Waals surface area contributed by atoms with Gasteiger partial charge in [-0.15, -0.1) is 22.2 Å². The standard InChI is InChI=1S/C8H24Cl2N3PSi3/c1-11(2)14-12(15(3,4)5)17(9,10)13(14)16(6,7)8/h1-8H3. The van der Waals surface area contributed by atoms with Gasteiger partial charge in [0.05, 0.1) is 8.37 Å². The van der Waals surface area contributed by atoms with Gasteiger partial charge in [0.2, 0.25) is 0 Å². The van der Waals surface area contributed by atoms with Crippen molar-refractivity contribution in [3.05, 3.63) is 0 Å². The zero-order valence-corrected chi connectivity index (χ0v) is 17.5. The molecule has 1 aliphatic heterocycles. The fourth-order valence-corrected chi connectivity index (χ4v) is 32.5. The van der Waals surface area contributed by atoms with Gasteiger partial charge in [0.25, 0.3) is 0 Å². The number of nitrogens with zero attached hydrogens (tertiary/aromatic N) is 3. The molecule has 102 valence electrons. The molecule has 1 saturated heterocycles. The molecule has 0 amide bonds. The van der Waals surface area contributed by atoms with Crippen molar-refractivity contribution in [3.63, 3.8) is 0 Å². The van der Waals surface area contributed by atoms with Crippen LogP contribution in [-0.2, 0) is 0 Å². The van der Waals surface area contributed by atoms with Gasteiger partial charge in [0.1, 0.15) is 16.5 Å². The average molecular weight is 348 g/mol. The highest BCUT2D eigenvalue weighted by Crippen LogP contribution is 2.68. The Morgan fingerprint density at radius 3 is 1.35 bits per heavy atom. The molecule has 0 bridgehead atoms. The molecule has 0 unspecified atom stereocenters. The minimum absolute atomic E-state index is 0.426. The summed E-state index contributed by atoms with van der Waals surface area (Å²) in [5.41, 5.74) is 0. The normalized spacial score (nSPS) is 24.2. The van der Waals surface area contributed by atoms with Crippen LogP contribution < -0.4 is 0 Å². The second-order valence-corrected chi connectivity index (χ2v) is 26.4. The summed E-state index contributed by atoms with van der Waals surface area (Å²) in [6.45, 7) is 14.0. The largest absolute Gasteiger partial charge is 0.406 e. The van der Waals surface area contributed by atoms with E-state index in [2.05, 4.69) is 66.1 Å². The lowest BCUT2D eigenvalue weighted by Gasteiger charge is -2.67. The molecule has 0 aromatic heterocycles. The minimum Gasteiger partial charge on any atom is -0.265 e. The molecule has 0 aromatic carbocycles. The second kappa shape index (κ2) is 4.82. The zero-order valence-electron chi connectivity index (χ0n) is 12.0. The molecule has 1 rings (SSSR count). The maximum Gasteiger partial charge on any atom is 0.406 e. The van der Waals surface area contributed by atoms with Crippen LogP contribution in [0.15, 0.2) is 0 Å². The summed E-state index contributed by atoms with van der Waals surface area (Å²) >= 11 is 13.5. The van der Waals surface area contributed by atoms with Crippen LogP contribution >= 0.6 is 30.5 Å². The van der Waals surface area contributed by atoms with Crippen LogP contribution in [0.2, 0.25) is 39.3 Å². The van der Waals surface area contributed by atoms with E-state index in [0.29, 0.717) is 0 Å². The van der Waals surface area contributed by atoms with Gasteiger partial charge in [-0.25, -0.2) is 0 Å². The molecule has 0 saturated carbocycles. The molecule has 3 nitrogen and oxygen atoms in total. The van der Waals surface area contributed by atoms with Crippen molar-refractivity contribution in [2.45, 2.75) is 39.3 Å². The topological polar surface area (TPSA) is 9.72 Å². The van der Waals surface area contributed by atoms with E-state index < -0.39 is 31.9 Å². The Hall–Kier alpha value is 1.54. The first-order chi connectivity index (χ1) is 7.31. The molecule has 0 atom stereocenters. The number of hydrogen-bond acceptors (Lipinski definition) is 3. The van der Waals surface area contributed by atoms with Crippen molar-refractivity contribution >= 4 is 54.0 Å². The predicted molar refractivity (Wildman–Crippen MR) is 88.4 cm³/mol. The third kappa shape index (κ3) is 3.01. The van der Waals surface area contributed by atoms with Gasteiger partial charge in [0.15, 0.2) is 0 Å². The van der Waals surface area contributed by atoms with Crippen molar-refractivity contribution < 1.29 is 0 Å². The van der Waals surface area contributed by atoms with Crippen molar-refractivity contribution in [3.8, 4) is 0 Å². The lowest BCUT2D eigenvalue weighted by atomic mass is 11.3. The summed E-state index contributed by atoms with van der Waals surface area (Å²) in [6.07, 6.45) is 0. The van der Waals surface area contributed by atoms with Crippen molar-refractivity contribution in [1.29, 1.82) is 0 Å². The highest BCUT2D eigenvalue weighted by atomic mass is 35.7. The molecular weight excluding hydrogens is 324 g/mol. The Morgan fingerprint density at radius 1 is 0.882 bits per heavy atom. The highest BCUT2D eigenvalue weighted by Gasteiger charge is 2.68. The lowest BCUT2D eigenvalue weighted by Crippen LogP contribution is -2.78. The maximum atomic E-state index is 6.76. The highest BCUT2D eigenvalue weighted by molar-refractivity contribution is 7.76. The van der Waals surface area contributed by atoms with E-state index in [1.165, 1.54) is 0 Å². The van der Waals surface area contributed by atoms with Crippen LogP contribution in [0, 0.1) is 0 Å². The fourth-order valence-electron chi connectivity index (χ4n) is 2.06. The molecule has 0 radical (unpaired) electrons. The van der Waals surface area contributed by atoms with Crippen LogP contribution in [0.25, 0.3) is 0 Å². The third-order valence-electron chi connectivity index (χ3n) is 2.50. The van der Waals surface area contributed by atoms with E-state index >= 15 is 0 Å². The van der Waals surface area contributed by atoms with Gasteiger partial charge in [-0.1, -0.05) is 39.3 Å². The summed E-state index contributed by atoms with van der Waals surface area (Å²) in [7, 11) is -1.44. The summed E-state index contributed by atoms with van der Waals surface area (Å²) in [5, 5.41) is 0. The van der Waals surface area contributed by atoms with Gasteiger partial charge in [-0.3, -0.25) is 12.7 Å². The van der Waals surface area contributed by atoms with Gasteiger partial charge < -0.3 is 0 Å². The molecule has 0 aliphatic carbocycles. The number of hydrogen-bond donors (Lipinski definition) is 0. The van der Waals surface area contributed by atoms with E-state index in [0.717, 1.165) is 0 Å². The van der Waals surface area contributed by atoms with Gasteiger partial charge in [-0.05, 0) is 14.1 Å². The minimum atomic E-state index is -2.38. The Bertz CT molecular complexity index is 279. The molecule has 0 N–H and O–H groups in total. The summed E-state index contributed by atoms with van der Waals surface area (Å²) in [5.74, 6) is 0. The summed E-state index contributed by atoms with van der Waals surface area (Å²) in [6, 6.07) is 0. The molecule has 1 fully saturated rings. The Labute approximate surface area is 120 Å². The molecular formula is C8H24Cl2N3PSi3. The molecule has 1 aliphatic rings. The van der Waals surface area contributed by atoms with Crippen LogP contribution in [0.5, 0.6) is 0 Å². The zero-order chi connectivity index (χ0) is 13.8. The maximum absolute atomic E-state index is 6.76. The summed E-state index contributed by atoms with van der Waals surface area (Å²) < 4.78 is 7.30. The number of halogens is 2. The van der Waals surface area contributed by atoms with Crippen molar-refractivity contribution in [2.75, 3.05) is 14.1 Å². The molecule has 17 heavy (non-hydrogen) atoms. The van der Waals surface area contributed by atoms with Crippen LogP contribution in [0.4, 0.5) is 0 Å². The second-order valence-electron chi connectivity index (χ2n) is 6.59. The van der Waals surface area contributed by atoms with E-state index in [9.17, 15) is 0 Å². The smallest absolute Gasteiger partial charge is 0.265 e. The summed E-state index contributed by atoms with van der Waals surface area (Å²) in [4.78, 5) is 0. The quantitative estimate of drug-likeness (QED) is 0.434. The monoisotopic (exact) mass is 347 g/mol. The molecule has 0 spiro atoms. The molecule has 9 heteroatoms. The third-order valence-corrected chi connectivity index (χ3v) is 26.1. The van der Waals surface area contributed by atoms with Gasteiger partial charge in [-0.2, -0.15) is 0 Å². The van der Waals surface area contributed by atoms with Gasteiger partial charge >= 0.3 is 7.02 Å². The van der Waals surface area contributed by atoms with Gasteiger partial charge in [0, 0.05) is 0 Å². The van der Waals surface area contributed by atoms with Crippen molar-refractivity contribution in [1.82, 2.24) is 12.7 Å². The van der Waals surface area contributed by atoms with E-state index in [1.54, 1.807) is 0 Å². The van der Waals surface area contributed by atoms with Crippen LogP contribution in [-0.4, -0.2) is 50.3 Å². The first-order valence-electron chi connectivity index (χ1n) is 5.77. The van der Waals surface area contributed by atoms with Crippen LogP contribution in [0.1, 0.15) is 0 Å². The fraction of sp³-hybridized carbons (Fsp3) is 1.00. The number of rotatable bonds is 3. The van der Waals surface area contributed by atoms with E-state index in [4.69, 9.17) is 22.2 Å². The Balaban J connectivity index is 3.12.